The first-order valence-electron chi connectivity index (χ1n) is 8.31. The molecule has 2 N–H and O–H groups in total. The van der Waals surface area contributed by atoms with Gasteiger partial charge in [-0.15, -0.1) is 0 Å². The topological polar surface area (TPSA) is 58.3 Å². The number of nitrogen functional groups attached to an aromatic ring is 1. The van der Waals surface area contributed by atoms with E-state index in [1.54, 1.807) is 0 Å². The van der Waals surface area contributed by atoms with E-state index in [9.17, 15) is 0 Å². The van der Waals surface area contributed by atoms with Crippen molar-refractivity contribution in [3.63, 3.8) is 0 Å². The lowest BCUT2D eigenvalue weighted by molar-refractivity contribution is 0.207. The van der Waals surface area contributed by atoms with Crippen molar-refractivity contribution in [2.45, 2.75) is 31.7 Å². The average Bonchev–Trinajstić information content (AvgIpc) is 3.09. The summed E-state index contributed by atoms with van der Waals surface area (Å²) in [4.78, 5) is 14.3. The van der Waals surface area contributed by atoms with Crippen molar-refractivity contribution in [3.8, 4) is 0 Å². The fourth-order valence-corrected chi connectivity index (χ4v) is 3.74. The van der Waals surface area contributed by atoms with Crippen LogP contribution in [0.15, 0.2) is 24.4 Å². The summed E-state index contributed by atoms with van der Waals surface area (Å²) in [7, 11) is 0. The Morgan fingerprint density at radius 1 is 1.00 bits per heavy atom. The number of aromatic nitrogens is 2. The third-order valence-electron chi connectivity index (χ3n) is 5.00. The molecule has 2 aromatic rings. The molecular weight excluding hydrogens is 274 g/mol. The molecule has 0 atom stereocenters. The van der Waals surface area contributed by atoms with Crippen LogP contribution in [0.1, 0.15) is 25.7 Å². The summed E-state index contributed by atoms with van der Waals surface area (Å²) >= 11 is 0. The second-order valence-electron chi connectivity index (χ2n) is 6.44. The van der Waals surface area contributed by atoms with Crippen molar-refractivity contribution < 1.29 is 0 Å². The van der Waals surface area contributed by atoms with Crippen LogP contribution in [0.3, 0.4) is 0 Å². The van der Waals surface area contributed by atoms with Crippen molar-refractivity contribution in [2.75, 3.05) is 36.8 Å². The van der Waals surface area contributed by atoms with Gasteiger partial charge in [-0.25, -0.2) is 4.98 Å². The minimum Gasteiger partial charge on any atom is -0.399 e. The second kappa shape index (κ2) is 5.72. The third kappa shape index (κ3) is 2.61. The van der Waals surface area contributed by atoms with Crippen LogP contribution in [-0.2, 0) is 0 Å². The number of nitrogens with two attached hydrogens (primary N) is 1. The molecule has 0 amide bonds. The molecule has 2 aliphatic rings. The summed E-state index contributed by atoms with van der Waals surface area (Å²) in [5.74, 6) is 0.997. The monoisotopic (exact) mass is 297 g/mol. The molecule has 22 heavy (non-hydrogen) atoms. The lowest BCUT2D eigenvalue weighted by atomic mass is 10.0. The van der Waals surface area contributed by atoms with E-state index in [0.717, 1.165) is 41.7 Å². The number of hydrogen-bond donors (Lipinski definition) is 1. The highest BCUT2D eigenvalue weighted by molar-refractivity contribution is 5.79. The fourth-order valence-electron chi connectivity index (χ4n) is 3.74. The van der Waals surface area contributed by atoms with Gasteiger partial charge in [-0.05, 0) is 57.0 Å². The minimum atomic E-state index is 0.737. The summed E-state index contributed by atoms with van der Waals surface area (Å²) in [6.45, 7) is 4.75. The zero-order chi connectivity index (χ0) is 14.9. The molecule has 0 spiro atoms. The molecule has 0 bridgehead atoms. The molecule has 1 aromatic carbocycles. The number of rotatable bonds is 2. The van der Waals surface area contributed by atoms with Gasteiger partial charge in [0.1, 0.15) is 5.82 Å². The highest BCUT2D eigenvalue weighted by Gasteiger charge is 2.26. The van der Waals surface area contributed by atoms with E-state index < -0.39 is 0 Å². The Hall–Kier alpha value is -1.88. The van der Waals surface area contributed by atoms with E-state index in [4.69, 9.17) is 10.7 Å². The normalized spacial score (nSPS) is 20.8. The summed E-state index contributed by atoms with van der Waals surface area (Å²) in [6, 6.07) is 6.50. The number of nitrogens with zero attached hydrogens (tertiary/aromatic N) is 4. The van der Waals surface area contributed by atoms with Crippen LogP contribution in [0.5, 0.6) is 0 Å². The van der Waals surface area contributed by atoms with E-state index >= 15 is 0 Å². The van der Waals surface area contributed by atoms with E-state index in [2.05, 4.69) is 14.8 Å². The van der Waals surface area contributed by atoms with Gasteiger partial charge in [0.2, 0.25) is 0 Å². The van der Waals surface area contributed by atoms with Gasteiger partial charge in [0.05, 0.1) is 17.2 Å². The van der Waals surface area contributed by atoms with Gasteiger partial charge in [0.25, 0.3) is 0 Å². The van der Waals surface area contributed by atoms with Gasteiger partial charge in [-0.3, -0.25) is 4.98 Å². The standard InChI is InChI=1S/C17H23N5/c18-13-3-4-15-16(11-13)19-12-17(20-15)22-9-5-14(6-10-22)21-7-1-2-8-21/h3-4,11-12,14H,1-2,5-10,18H2. The molecule has 3 heterocycles. The van der Waals surface area contributed by atoms with Crippen LogP contribution >= 0.6 is 0 Å². The Kier molecular flexibility index (Phi) is 3.58. The van der Waals surface area contributed by atoms with E-state index in [-0.39, 0.29) is 0 Å². The quantitative estimate of drug-likeness (QED) is 0.862. The molecule has 2 aliphatic heterocycles. The van der Waals surface area contributed by atoms with Gasteiger partial charge < -0.3 is 15.5 Å². The highest BCUT2D eigenvalue weighted by Crippen LogP contribution is 2.24. The van der Waals surface area contributed by atoms with Crippen molar-refractivity contribution >= 4 is 22.5 Å². The summed E-state index contributed by atoms with van der Waals surface area (Å²) < 4.78 is 0. The Morgan fingerprint density at radius 2 is 1.77 bits per heavy atom. The van der Waals surface area contributed by atoms with E-state index in [0.29, 0.717) is 0 Å². The number of fused-ring (bicyclic) bond motifs is 1. The van der Waals surface area contributed by atoms with E-state index in [1.165, 1.54) is 38.8 Å². The smallest absolute Gasteiger partial charge is 0.147 e. The maximum Gasteiger partial charge on any atom is 0.147 e. The van der Waals surface area contributed by atoms with Crippen molar-refractivity contribution in [2.24, 2.45) is 0 Å². The molecular formula is C17H23N5. The van der Waals surface area contributed by atoms with Crippen molar-refractivity contribution in [3.05, 3.63) is 24.4 Å². The summed E-state index contributed by atoms with van der Waals surface area (Å²) in [6.07, 6.45) is 7.11. The minimum absolute atomic E-state index is 0.737. The Balaban J connectivity index is 1.47. The second-order valence-corrected chi connectivity index (χ2v) is 6.44. The molecule has 2 fully saturated rings. The molecule has 4 rings (SSSR count). The zero-order valence-corrected chi connectivity index (χ0v) is 12.9. The molecule has 5 nitrogen and oxygen atoms in total. The predicted molar refractivity (Wildman–Crippen MR) is 90.0 cm³/mol. The largest absolute Gasteiger partial charge is 0.399 e. The van der Waals surface area contributed by atoms with Gasteiger partial charge in [-0.2, -0.15) is 0 Å². The maximum atomic E-state index is 5.80. The first kappa shape index (κ1) is 13.8. The number of benzene rings is 1. The Bertz CT molecular complexity index is 657. The van der Waals surface area contributed by atoms with Gasteiger partial charge in [0.15, 0.2) is 0 Å². The summed E-state index contributed by atoms with van der Waals surface area (Å²) in [5, 5.41) is 0. The van der Waals surface area contributed by atoms with E-state index in [1.807, 2.05) is 24.4 Å². The lowest BCUT2D eigenvalue weighted by Crippen LogP contribution is -2.44. The molecule has 116 valence electrons. The number of likely N-dealkylation sites (tertiary alicyclic amines) is 1. The maximum absolute atomic E-state index is 5.80. The predicted octanol–water partition coefficient (Wildman–Crippen LogP) is 2.28. The van der Waals surface area contributed by atoms with Gasteiger partial charge in [0, 0.05) is 24.8 Å². The molecule has 0 saturated carbocycles. The van der Waals surface area contributed by atoms with Crippen LogP contribution in [0.4, 0.5) is 11.5 Å². The first-order chi connectivity index (χ1) is 10.8. The van der Waals surface area contributed by atoms with Crippen LogP contribution < -0.4 is 10.6 Å². The SMILES string of the molecule is Nc1ccc2nc(N3CCC(N4CCCC4)CC3)cnc2c1. The van der Waals surface area contributed by atoms with Gasteiger partial charge in [-0.1, -0.05) is 0 Å². The highest BCUT2D eigenvalue weighted by atomic mass is 15.2. The first-order valence-corrected chi connectivity index (χ1v) is 8.31. The van der Waals surface area contributed by atoms with Gasteiger partial charge >= 0.3 is 0 Å². The third-order valence-corrected chi connectivity index (χ3v) is 5.00. The molecule has 2 saturated heterocycles. The number of hydrogen-bond acceptors (Lipinski definition) is 5. The average molecular weight is 297 g/mol. The zero-order valence-electron chi connectivity index (χ0n) is 12.9. The van der Waals surface area contributed by atoms with Crippen molar-refractivity contribution in [1.82, 2.24) is 14.9 Å². The molecule has 0 aliphatic carbocycles. The molecule has 0 unspecified atom stereocenters. The van der Waals surface area contributed by atoms with Crippen molar-refractivity contribution in [1.29, 1.82) is 0 Å². The molecule has 1 aromatic heterocycles. The number of anilines is 2. The molecule has 5 heteroatoms. The lowest BCUT2D eigenvalue weighted by Gasteiger charge is -2.37. The summed E-state index contributed by atoms with van der Waals surface area (Å²) in [5.41, 5.74) is 8.33. The van der Waals surface area contributed by atoms with Crippen LogP contribution in [0.25, 0.3) is 11.0 Å². The molecule has 0 radical (unpaired) electrons. The van der Waals surface area contributed by atoms with Crippen LogP contribution in [0, 0.1) is 0 Å². The Labute approximate surface area is 131 Å². The number of piperidine rings is 1. The van der Waals surface area contributed by atoms with Crippen LogP contribution in [-0.4, -0.2) is 47.1 Å². The van der Waals surface area contributed by atoms with Crippen LogP contribution in [0.2, 0.25) is 0 Å². The fraction of sp³-hybridized carbons (Fsp3) is 0.529. The Morgan fingerprint density at radius 3 is 2.55 bits per heavy atom.